The molecule has 0 aliphatic heterocycles. The third kappa shape index (κ3) is 5.37. The Balaban J connectivity index is 1.84. The third-order valence-electron chi connectivity index (χ3n) is 4.35. The number of H-pyrrole nitrogens is 1. The Morgan fingerprint density at radius 2 is 2.14 bits per heavy atom. The molecule has 1 amide bonds. The van der Waals surface area contributed by atoms with Gasteiger partial charge in [0.1, 0.15) is 12.2 Å². The van der Waals surface area contributed by atoms with Crippen molar-refractivity contribution in [1.82, 2.24) is 10.3 Å². The van der Waals surface area contributed by atoms with Crippen LogP contribution < -0.4 is 16.0 Å². The summed E-state index contributed by atoms with van der Waals surface area (Å²) in [6.07, 6.45) is 1.25. The number of nitrogens with two attached hydrogens (primary N) is 1. The fraction of sp³-hybridized carbons (Fsp3) is 0.316. The highest BCUT2D eigenvalue weighted by Gasteiger charge is 2.34. The van der Waals surface area contributed by atoms with E-state index in [4.69, 9.17) is 5.73 Å². The summed E-state index contributed by atoms with van der Waals surface area (Å²) >= 11 is 0. The predicted molar refractivity (Wildman–Crippen MR) is 101 cm³/mol. The van der Waals surface area contributed by atoms with Crippen LogP contribution in [0.3, 0.4) is 0 Å². The third-order valence-corrected chi connectivity index (χ3v) is 4.35. The smallest absolute Gasteiger partial charge is 0.390 e. The van der Waals surface area contributed by atoms with Crippen molar-refractivity contribution in [1.29, 1.82) is 0 Å². The number of amides is 1. The quantitative estimate of drug-likeness (QED) is 0.590. The minimum atomic E-state index is -4.53. The van der Waals surface area contributed by atoms with Crippen molar-refractivity contribution in [2.45, 2.75) is 37.9 Å². The number of rotatable bonds is 5. The first-order valence-electron chi connectivity index (χ1n) is 8.96. The van der Waals surface area contributed by atoms with Crippen LogP contribution >= 0.6 is 0 Å². The van der Waals surface area contributed by atoms with Crippen LogP contribution in [-0.4, -0.2) is 29.1 Å². The summed E-state index contributed by atoms with van der Waals surface area (Å²) in [7, 11) is 0. The summed E-state index contributed by atoms with van der Waals surface area (Å²) in [6, 6.07) is 4.41. The number of carbonyl (C=O) groups is 1. The molecule has 1 atom stereocenters. The number of hydrogen-bond donors (Lipinski definition) is 2. The number of halogens is 3. The topological polar surface area (TPSA) is 107 Å². The van der Waals surface area contributed by atoms with Gasteiger partial charge in [-0.1, -0.05) is 9.98 Å². The number of aliphatic imine (C=N–C) groups is 2. The summed E-state index contributed by atoms with van der Waals surface area (Å²) in [5.41, 5.74) is 4.98. The molecule has 1 aliphatic rings. The number of hydrogen-bond acceptors (Lipinski definition) is 3. The lowest BCUT2D eigenvalue weighted by Crippen LogP contribution is -2.38. The van der Waals surface area contributed by atoms with E-state index in [2.05, 4.69) is 25.3 Å². The normalized spacial score (nSPS) is 16.1. The van der Waals surface area contributed by atoms with Crippen molar-refractivity contribution >= 4 is 24.0 Å². The molecule has 0 saturated heterocycles. The number of nitrogens with zero attached hydrogens (tertiary/aromatic N) is 3. The monoisotopic (exact) mass is 405 g/mol. The van der Waals surface area contributed by atoms with Gasteiger partial charge in [0.2, 0.25) is 5.84 Å². The van der Waals surface area contributed by atoms with Crippen LogP contribution in [-0.2, 0) is 6.18 Å². The maximum absolute atomic E-state index is 13.2. The van der Waals surface area contributed by atoms with Crippen LogP contribution in [0.15, 0.2) is 46.6 Å². The van der Waals surface area contributed by atoms with Crippen LogP contribution in [0.4, 0.5) is 19.1 Å². The molecule has 2 aromatic rings. The highest BCUT2D eigenvalue weighted by atomic mass is 19.4. The number of carbonyl (C=O) groups excluding carboxylic acids is 1. The lowest BCUT2D eigenvalue weighted by Gasteiger charge is -2.14. The van der Waals surface area contributed by atoms with Gasteiger partial charge < -0.3 is 11.1 Å². The summed E-state index contributed by atoms with van der Waals surface area (Å²) < 4.78 is 39.7. The van der Waals surface area contributed by atoms with Gasteiger partial charge in [-0.25, -0.2) is 9.98 Å². The maximum Gasteiger partial charge on any atom is 0.432 e. The van der Waals surface area contributed by atoms with Gasteiger partial charge in [0, 0.05) is 11.6 Å². The lowest BCUT2D eigenvalue weighted by atomic mass is 10.0. The molecule has 1 heterocycles. The zero-order chi connectivity index (χ0) is 21.0. The van der Waals surface area contributed by atoms with Gasteiger partial charge >= 0.3 is 12.1 Å². The molecule has 1 fully saturated rings. The number of aromatic nitrogens is 2. The second kappa shape index (κ2) is 8.38. The molecular weight excluding hydrogens is 385 g/mol. The zero-order valence-electron chi connectivity index (χ0n) is 15.6. The highest BCUT2D eigenvalue weighted by molar-refractivity contribution is 6.00. The minimum Gasteiger partial charge on any atom is -0.390 e. The van der Waals surface area contributed by atoms with E-state index < -0.39 is 23.7 Å². The minimum absolute atomic E-state index is 0.0611. The average Bonchev–Trinajstić information content (AvgIpc) is 3.52. The largest absolute Gasteiger partial charge is 0.432 e. The number of benzene rings is 1. The van der Waals surface area contributed by atoms with Gasteiger partial charge in [-0.2, -0.15) is 13.2 Å². The highest BCUT2D eigenvalue weighted by Crippen LogP contribution is 2.42. The Hall–Kier alpha value is -3.30. The van der Waals surface area contributed by atoms with Crippen molar-refractivity contribution in [3.63, 3.8) is 0 Å². The molecule has 1 aromatic heterocycles. The zero-order valence-corrected chi connectivity index (χ0v) is 15.6. The van der Waals surface area contributed by atoms with E-state index in [0.717, 1.165) is 31.3 Å². The molecule has 29 heavy (non-hydrogen) atoms. The van der Waals surface area contributed by atoms with Crippen molar-refractivity contribution in [3.05, 3.63) is 53.3 Å². The Kier molecular flexibility index (Phi) is 5.90. The second-order valence-electron chi connectivity index (χ2n) is 6.66. The first kappa shape index (κ1) is 20.4. The van der Waals surface area contributed by atoms with Gasteiger partial charge in [0.15, 0.2) is 0 Å². The van der Waals surface area contributed by atoms with Crippen LogP contribution in [0.25, 0.3) is 0 Å². The van der Waals surface area contributed by atoms with E-state index in [1.54, 1.807) is 19.2 Å². The van der Waals surface area contributed by atoms with E-state index in [9.17, 15) is 18.0 Å². The molecule has 152 valence electrons. The predicted octanol–water partition coefficient (Wildman–Crippen LogP) is 2.63. The molecule has 0 radical (unpaired) electrons. The molecule has 4 N–H and O–H groups in total. The standard InChI is InChI=1S/C19H19F3N6O/c1-11(16(26-10-23)28-18-24-5-2-6-25-18)27-17(29)14-7-13(12-3-4-12)8-15(9-14)19(20,21)22/h2,5-12H,3-4H2,1H3,(H,27,29)(H2,23,24,25,26,28)/p+1. The first-order valence-corrected chi connectivity index (χ1v) is 8.96. The Morgan fingerprint density at radius 3 is 2.72 bits per heavy atom. The van der Waals surface area contributed by atoms with E-state index in [1.165, 1.54) is 12.3 Å². The molecule has 1 aliphatic carbocycles. The number of amidine groups is 1. The van der Waals surface area contributed by atoms with Gasteiger partial charge in [0.25, 0.3) is 5.91 Å². The maximum atomic E-state index is 13.2. The molecule has 3 rings (SSSR count). The summed E-state index contributed by atoms with van der Waals surface area (Å²) in [5, 5.41) is 2.62. The molecule has 10 heteroatoms. The van der Waals surface area contributed by atoms with Crippen LogP contribution in [0.5, 0.6) is 0 Å². The molecule has 0 spiro atoms. The van der Waals surface area contributed by atoms with E-state index >= 15 is 0 Å². The van der Waals surface area contributed by atoms with Gasteiger partial charge in [-0.15, -0.1) is 0 Å². The number of nitrogens with one attached hydrogen (secondary N) is 2. The SMILES string of the molecule is CC(NC(=O)c1cc(C2CC2)cc(C(F)(F)F)c1)/C(N=CN)=N\c1nccc[nH+]1. The summed E-state index contributed by atoms with van der Waals surface area (Å²) in [5.74, 6) is -0.204. The van der Waals surface area contributed by atoms with Crippen molar-refractivity contribution in [3.8, 4) is 0 Å². The van der Waals surface area contributed by atoms with Crippen molar-refractivity contribution < 1.29 is 22.9 Å². The Bertz CT molecular complexity index is 939. The molecule has 0 bridgehead atoms. The van der Waals surface area contributed by atoms with E-state index in [0.29, 0.717) is 5.56 Å². The number of alkyl halides is 3. The van der Waals surface area contributed by atoms with Crippen LogP contribution in [0.2, 0.25) is 0 Å². The van der Waals surface area contributed by atoms with Gasteiger partial charge in [0.05, 0.1) is 18.1 Å². The summed E-state index contributed by atoms with van der Waals surface area (Å²) in [4.78, 5) is 27.6. The van der Waals surface area contributed by atoms with Crippen molar-refractivity contribution in [2.24, 2.45) is 15.7 Å². The molecule has 1 aromatic carbocycles. The molecule has 7 nitrogen and oxygen atoms in total. The Morgan fingerprint density at radius 1 is 1.38 bits per heavy atom. The Labute approximate surface area is 165 Å². The second-order valence-corrected chi connectivity index (χ2v) is 6.66. The summed E-state index contributed by atoms with van der Waals surface area (Å²) in [6.45, 7) is 1.60. The average molecular weight is 405 g/mol. The van der Waals surface area contributed by atoms with Gasteiger partial charge in [-0.05, 0) is 49.4 Å². The van der Waals surface area contributed by atoms with Crippen molar-refractivity contribution in [2.75, 3.05) is 0 Å². The molecule has 1 unspecified atom stereocenters. The first-order chi connectivity index (χ1) is 13.8. The van der Waals surface area contributed by atoms with Crippen LogP contribution in [0.1, 0.15) is 47.2 Å². The molecule has 1 saturated carbocycles. The fourth-order valence-electron chi connectivity index (χ4n) is 2.74. The molecular formula is C19H20F3N6O+. The lowest BCUT2D eigenvalue weighted by molar-refractivity contribution is -0.366. The van der Waals surface area contributed by atoms with Gasteiger partial charge in [-0.3, -0.25) is 4.79 Å². The number of aromatic amines is 1. The van der Waals surface area contributed by atoms with Crippen LogP contribution in [0, 0.1) is 0 Å². The fourth-order valence-corrected chi connectivity index (χ4v) is 2.74. The van der Waals surface area contributed by atoms with E-state index in [-0.39, 0.29) is 23.3 Å². The van der Waals surface area contributed by atoms with E-state index in [1.807, 2.05) is 0 Å².